The fourth-order valence-corrected chi connectivity index (χ4v) is 0.992. The van der Waals surface area contributed by atoms with Gasteiger partial charge in [-0.25, -0.2) is 0 Å². The van der Waals surface area contributed by atoms with Gasteiger partial charge in [-0.15, -0.1) is 0 Å². The SMILES string of the molecule is COCCc1cccc(O)c1O. The topological polar surface area (TPSA) is 49.7 Å². The first kappa shape index (κ1) is 8.87. The van der Waals surface area contributed by atoms with E-state index in [0.29, 0.717) is 18.6 Å². The first-order valence-corrected chi connectivity index (χ1v) is 3.74. The van der Waals surface area contributed by atoms with Crippen molar-refractivity contribution < 1.29 is 14.9 Å². The number of benzene rings is 1. The lowest BCUT2D eigenvalue weighted by molar-refractivity contribution is 0.201. The van der Waals surface area contributed by atoms with Crippen molar-refractivity contribution in [2.75, 3.05) is 13.7 Å². The highest BCUT2D eigenvalue weighted by atomic mass is 16.5. The van der Waals surface area contributed by atoms with Crippen molar-refractivity contribution in [1.29, 1.82) is 0 Å². The van der Waals surface area contributed by atoms with Crippen molar-refractivity contribution in [3.05, 3.63) is 23.8 Å². The van der Waals surface area contributed by atoms with Gasteiger partial charge in [0.2, 0.25) is 0 Å². The minimum Gasteiger partial charge on any atom is -0.504 e. The Morgan fingerprint density at radius 1 is 1.33 bits per heavy atom. The summed E-state index contributed by atoms with van der Waals surface area (Å²) in [6, 6.07) is 4.90. The zero-order valence-electron chi connectivity index (χ0n) is 6.95. The van der Waals surface area contributed by atoms with Gasteiger partial charge in [0.25, 0.3) is 0 Å². The number of aromatic hydroxyl groups is 2. The number of methoxy groups -OCH3 is 1. The molecule has 0 heterocycles. The minimum atomic E-state index is -0.0800. The molecule has 1 rings (SSSR count). The average Bonchev–Trinajstić information content (AvgIpc) is 2.08. The standard InChI is InChI=1S/C9H12O3/c1-12-6-5-7-3-2-4-8(10)9(7)11/h2-4,10-11H,5-6H2,1H3. The first-order chi connectivity index (χ1) is 5.75. The fraction of sp³-hybridized carbons (Fsp3) is 0.333. The molecule has 3 heteroatoms. The number of hydrogen-bond acceptors (Lipinski definition) is 3. The summed E-state index contributed by atoms with van der Waals surface area (Å²) in [6.45, 7) is 0.539. The molecule has 0 saturated carbocycles. The van der Waals surface area contributed by atoms with Gasteiger partial charge in [0.1, 0.15) is 0 Å². The van der Waals surface area contributed by atoms with E-state index in [4.69, 9.17) is 9.84 Å². The van der Waals surface area contributed by atoms with Crippen LogP contribution in [-0.2, 0) is 11.2 Å². The molecular weight excluding hydrogens is 156 g/mol. The molecule has 2 N–H and O–H groups in total. The number of phenols is 2. The van der Waals surface area contributed by atoms with Gasteiger partial charge < -0.3 is 14.9 Å². The molecule has 0 bridgehead atoms. The number of phenolic OH excluding ortho intramolecular Hbond substituents is 2. The molecule has 0 atom stereocenters. The average molecular weight is 168 g/mol. The molecule has 0 aromatic heterocycles. The van der Waals surface area contributed by atoms with E-state index < -0.39 is 0 Å². The Hall–Kier alpha value is -1.22. The van der Waals surface area contributed by atoms with Crippen LogP contribution in [0.25, 0.3) is 0 Å². The van der Waals surface area contributed by atoms with Crippen LogP contribution in [0.5, 0.6) is 11.5 Å². The number of para-hydroxylation sites is 1. The van der Waals surface area contributed by atoms with Crippen molar-refractivity contribution in [3.63, 3.8) is 0 Å². The largest absolute Gasteiger partial charge is 0.504 e. The lowest BCUT2D eigenvalue weighted by Crippen LogP contribution is -1.94. The van der Waals surface area contributed by atoms with E-state index in [1.807, 2.05) is 0 Å². The van der Waals surface area contributed by atoms with Crippen LogP contribution in [0.3, 0.4) is 0 Å². The van der Waals surface area contributed by atoms with E-state index in [2.05, 4.69) is 0 Å². The van der Waals surface area contributed by atoms with Gasteiger partial charge in [0.15, 0.2) is 11.5 Å². The van der Waals surface area contributed by atoms with Crippen LogP contribution >= 0.6 is 0 Å². The molecule has 0 fully saturated rings. The summed E-state index contributed by atoms with van der Waals surface area (Å²) < 4.78 is 4.85. The summed E-state index contributed by atoms with van der Waals surface area (Å²) in [7, 11) is 1.60. The molecule has 12 heavy (non-hydrogen) atoms. The summed E-state index contributed by atoms with van der Waals surface area (Å²) in [5.74, 6) is -0.127. The zero-order valence-corrected chi connectivity index (χ0v) is 6.95. The van der Waals surface area contributed by atoms with E-state index >= 15 is 0 Å². The van der Waals surface area contributed by atoms with Gasteiger partial charge in [-0.3, -0.25) is 0 Å². The van der Waals surface area contributed by atoms with E-state index in [1.54, 1.807) is 19.2 Å². The van der Waals surface area contributed by atoms with Gasteiger partial charge in [0.05, 0.1) is 6.61 Å². The van der Waals surface area contributed by atoms with E-state index in [-0.39, 0.29) is 11.5 Å². The molecule has 0 aliphatic heterocycles. The second-order valence-corrected chi connectivity index (χ2v) is 2.53. The maximum absolute atomic E-state index is 9.32. The molecule has 1 aromatic carbocycles. The molecule has 0 radical (unpaired) electrons. The Morgan fingerprint density at radius 2 is 2.08 bits per heavy atom. The summed E-state index contributed by atoms with van der Waals surface area (Å²) in [4.78, 5) is 0. The maximum Gasteiger partial charge on any atom is 0.160 e. The monoisotopic (exact) mass is 168 g/mol. The second-order valence-electron chi connectivity index (χ2n) is 2.53. The minimum absolute atomic E-state index is 0.0467. The van der Waals surface area contributed by atoms with E-state index in [0.717, 1.165) is 0 Å². The predicted molar refractivity (Wildman–Crippen MR) is 45.4 cm³/mol. The highest BCUT2D eigenvalue weighted by molar-refractivity contribution is 5.44. The summed E-state index contributed by atoms with van der Waals surface area (Å²) in [5, 5.41) is 18.4. The Labute approximate surface area is 71.2 Å². The van der Waals surface area contributed by atoms with Crippen LogP contribution in [-0.4, -0.2) is 23.9 Å². The van der Waals surface area contributed by atoms with Crippen molar-refractivity contribution in [3.8, 4) is 11.5 Å². The van der Waals surface area contributed by atoms with Crippen LogP contribution < -0.4 is 0 Å². The van der Waals surface area contributed by atoms with Crippen LogP contribution in [0.1, 0.15) is 5.56 Å². The van der Waals surface area contributed by atoms with Crippen LogP contribution in [0, 0.1) is 0 Å². The van der Waals surface area contributed by atoms with E-state index in [1.165, 1.54) is 6.07 Å². The highest BCUT2D eigenvalue weighted by Gasteiger charge is 2.04. The van der Waals surface area contributed by atoms with E-state index in [9.17, 15) is 5.11 Å². The molecule has 66 valence electrons. The van der Waals surface area contributed by atoms with Gasteiger partial charge in [-0.05, 0) is 12.5 Å². The lowest BCUT2D eigenvalue weighted by atomic mass is 10.1. The molecule has 3 nitrogen and oxygen atoms in total. The Bertz CT molecular complexity index is 258. The molecule has 0 aliphatic rings. The third kappa shape index (κ3) is 1.89. The van der Waals surface area contributed by atoms with Gasteiger partial charge in [0, 0.05) is 12.7 Å². The number of hydrogen-bond donors (Lipinski definition) is 2. The first-order valence-electron chi connectivity index (χ1n) is 3.74. The molecule has 0 aliphatic carbocycles. The summed E-state index contributed by atoms with van der Waals surface area (Å²) in [5.41, 5.74) is 0.705. The van der Waals surface area contributed by atoms with Crippen LogP contribution in [0.4, 0.5) is 0 Å². The molecule has 0 unspecified atom stereocenters. The molecular formula is C9H12O3. The number of ether oxygens (including phenoxy) is 1. The van der Waals surface area contributed by atoms with Crippen LogP contribution in [0.15, 0.2) is 18.2 Å². The van der Waals surface area contributed by atoms with Crippen molar-refractivity contribution in [2.45, 2.75) is 6.42 Å². The van der Waals surface area contributed by atoms with Crippen molar-refractivity contribution >= 4 is 0 Å². The predicted octanol–water partition coefficient (Wildman–Crippen LogP) is 1.29. The maximum atomic E-state index is 9.32. The Kier molecular flexibility index (Phi) is 2.94. The summed E-state index contributed by atoms with van der Waals surface area (Å²) >= 11 is 0. The highest BCUT2D eigenvalue weighted by Crippen LogP contribution is 2.28. The molecule has 1 aromatic rings. The lowest BCUT2D eigenvalue weighted by Gasteiger charge is -2.04. The Morgan fingerprint density at radius 3 is 2.75 bits per heavy atom. The van der Waals surface area contributed by atoms with Crippen molar-refractivity contribution in [2.24, 2.45) is 0 Å². The fourth-order valence-electron chi connectivity index (χ4n) is 0.992. The normalized spacial score (nSPS) is 10.1. The zero-order chi connectivity index (χ0) is 8.97. The van der Waals surface area contributed by atoms with Crippen molar-refractivity contribution in [1.82, 2.24) is 0 Å². The second kappa shape index (κ2) is 3.97. The molecule has 0 spiro atoms. The smallest absolute Gasteiger partial charge is 0.160 e. The van der Waals surface area contributed by atoms with Crippen LogP contribution in [0.2, 0.25) is 0 Å². The van der Waals surface area contributed by atoms with Gasteiger partial charge in [-0.1, -0.05) is 12.1 Å². The quantitative estimate of drug-likeness (QED) is 0.668. The van der Waals surface area contributed by atoms with Gasteiger partial charge in [-0.2, -0.15) is 0 Å². The Balaban J connectivity index is 2.78. The number of rotatable bonds is 3. The third-order valence-electron chi connectivity index (χ3n) is 1.67. The molecule has 0 saturated heterocycles. The van der Waals surface area contributed by atoms with Gasteiger partial charge >= 0.3 is 0 Å². The third-order valence-corrected chi connectivity index (χ3v) is 1.67. The summed E-state index contributed by atoms with van der Waals surface area (Å²) in [6.07, 6.45) is 0.608. The molecule has 0 amide bonds.